The molecule has 1 aliphatic heterocycles. The standard InChI is InChI=1S/C20H28O/c1-3-16-6-13-20(21-14-16)19-11-9-18(10-12-19)17-7-4-15(2)5-8-17/h3,9-12,15-17,20H,1,4-8,13-14H2,2H3. The number of rotatable bonds is 3. The number of benzene rings is 1. The number of hydrogen-bond acceptors (Lipinski definition) is 1. The Hall–Kier alpha value is -1.08. The molecule has 0 spiro atoms. The fourth-order valence-electron chi connectivity index (χ4n) is 3.80. The first-order valence-corrected chi connectivity index (χ1v) is 8.60. The van der Waals surface area contributed by atoms with Crippen molar-refractivity contribution in [2.75, 3.05) is 6.61 Å². The molecule has 0 aromatic heterocycles. The van der Waals surface area contributed by atoms with Crippen LogP contribution in [0.3, 0.4) is 0 Å². The van der Waals surface area contributed by atoms with Crippen LogP contribution in [0.1, 0.15) is 68.6 Å². The van der Waals surface area contributed by atoms with Gasteiger partial charge in [0.25, 0.3) is 0 Å². The van der Waals surface area contributed by atoms with Gasteiger partial charge in [0.1, 0.15) is 0 Å². The van der Waals surface area contributed by atoms with Crippen molar-refractivity contribution in [1.82, 2.24) is 0 Å². The van der Waals surface area contributed by atoms with Gasteiger partial charge in [-0.05, 0) is 48.6 Å². The molecule has 0 amide bonds. The van der Waals surface area contributed by atoms with E-state index in [-0.39, 0.29) is 0 Å². The van der Waals surface area contributed by atoms with Crippen LogP contribution < -0.4 is 0 Å². The van der Waals surface area contributed by atoms with E-state index in [1.54, 1.807) is 0 Å². The summed E-state index contributed by atoms with van der Waals surface area (Å²) in [6.07, 6.45) is 10.2. The molecule has 0 N–H and O–H groups in total. The molecule has 0 radical (unpaired) electrons. The molecule has 1 heteroatoms. The summed E-state index contributed by atoms with van der Waals surface area (Å²) in [7, 11) is 0. The van der Waals surface area contributed by atoms with Crippen molar-refractivity contribution in [2.24, 2.45) is 11.8 Å². The lowest BCUT2D eigenvalue weighted by atomic mass is 9.79. The van der Waals surface area contributed by atoms with E-state index in [9.17, 15) is 0 Å². The van der Waals surface area contributed by atoms with Crippen molar-refractivity contribution in [3.8, 4) is 0 Å². The maximum absolute atomic E-state index is 6.00. The van der Waals surface area contributed by atoms with Crippen LogP contribution in [0, 0.1) is 11.8 Å². The van der Waals surface area contributed by atoms with Crippen molar-refractivity contribution >= 4 is 0 Å². The van der Waals surface area contributed by atoms with Gasteiger partial charge in [0.05, 0.1) is 12.7 Å². The Morgan fingerprint density at radius 1 is 0.952 bits per heavy atom. The van der Waals surface area contributed by atoms with Crippen LogP contribution in [-0.2, 0) is 4.74 Å². The second-order valence-corrected chi connectivity index (χ2v) is 7.02. The van der Waals surface area contributed by atoms with Gasteiger partial charge < -0.3 is 4.74 Å². The molecule has 2 unspecified atom stereocenters. The van der Waals surface area contributed by atoms with Crippen molar-refractivity contribution in [2.45, 2.75) is 57.5 Å². The molecule has 2 aliphatic rings. The average Bonchev–Trinajstić information content (AvgIpc) is 2.56. The Kier molecular flexibility index (Phi) is 4.80. The van der Waals surface area contributed by atoms with Crippen LogP contribution in [0.5, 0.6) is 0 Å². The largest absolute Gasteiger partial charge is 0.373 e. The Morgan fingerprint density at radius 3 is 2.19 bits per heavy atom. The predicted molar refractivity (Wildman–Crippen MR) is 88.4 cm³/mol. The highest BCUT2D eigenvalue weighted by molar-refractivity contribution is 5.27. The van der Waals surface area contributed by atoms with Gasteiger partial charge in [-0.25, -0.2) is 0 Å². The predicted octanol–water partition coefficient (Wildman–Crippen LogP) is 5.63. The van der Waals surface area contributed by atoms with Crippen molar-refractivity contribution in [1.29, 1.82) is 0 Å². The van der Waals surface area contributed by atoms with E-state index in [2.05, 4.69) is 37.8 Å². The van der Waals surface area contributed by atoms with Crippen LogP contribution in [-0.4, -0.2) is 6.61 Å². The molecule has 0 bridgehead atoms. The van der Waals surface area contributed by atoms with Gasteiger partial charge in [-0.1, -0.05) is 50.1 Å². The molecule has 2 atom stereocenters. The molecule has 3 rings (SSSR count). The van der Waals surface area contributed by atoms with E-state index in [1.807, 2.05) is 6.08 Å². The second kappa shape index (κ2) is 6.79. The third kappa shape index (κ3) is 3.58. The molecule has 21 heavy (non-hydrogen) atoms. The maximum Gasteiger partial charge on any atom is 0.0825 e. The summed E-state index contributed by atoms with van der Waals surface area (Å²) in [6.45, 7) is 7.09. The molecule has 1 aromatic rings. The van der Waals surface area contributed by atoms with E-state index in [0.29, 0.717) is 12.0 Å². The minimum atomic E-state index is 0.293. The summed E-state index contributed by atoms with van der Waals surface area (Å²) in [4.78, 5) is 0. The number of ether oxygens (including phenoxy) is 1. The van der Waals surface area contributed by atoms with Gasteiger partial charge in [-0.3, -0.25) is 0 Å². The van der Waals surface area contributed by atoms with Gasteiger partial charge in [0.2, 0.25) is 0 Å². The Bertz CT molecular complexity index is 445. The zero-order valence-corrected chi connectivity index (χ0v) is 13.3. The summed E-state index contributed by atoms with van der Waals surface area (Å²) in [6, 6.07) is 9.29. The summed E-state index contributed by atoms with van der Waals surface area (Å²) in [5.41, 5.74) is 2.89. The van der Waals surface area contributed by atoms with Crippen molar-refractivity contribution in [3.05, 3.63) is 48.0 Å². The molecular weight excluding hydrogens is 256 g/mol. The fourth-order valence-corrected chi connectivity index (χ4v) is 3.80. The minimum Gasteiger partial charge on any atom is -0.373 e. The van der Waals surface area contributed by atoms with Crippen molar-refractivity contribution in [3.63, 3.8) is 0 Å². The number of hydrogen-bond donors (Lipinski definition) is 0. The first-order valence-electron chi connectivity index (χ1n) is 8.60. The highest BCUT2D eigenvalue weighted by atomic mass is 16.5. The first-order chi connectivity index (χ1) is 10.3. The third-order valence-electron chi connectivity index (χ3n) is 5.44. The summed E-state index contributed by atoms with van der Waals surface area (Å²) < 4.78 is 6.00. The minimum absolute atomic E-state index is 0.293. The molecule has 1 nitrogen and oxygen atoms in total. The van der Waals surface area contributed by atoms with E-state index >= 15 is 0 Å². The topological polar surface area (TPSA) is 9.23 Å². The van der Waals surface area contributed by atoms with Crippen LogP contribution in [0.15, 0.2) is 36.9 Å². The van der Waals surface area contributed by atoms with Gasteiger partial charge in [0.15, 0.2) is 0 Å². The summed E-state index contributed by atoms with van der Waals surface area (Å²) in [5.74, 6) is 2.26. The van der Waals surface area contributed by atoms with Crippen molar-refractivity contribution < 1.29 is 4.74 Å². The maximum atomic E-state index is 6.00. The van der Waals surface area contributed by atoms with E-state index < -0.39 is 0 Å². The molecule has 2 fully saturated rings. The Morgan fingerprint density at radius 2 is 1.62 bits per heavy atom. The third-order valence-corrected chi connectivity index (χ3v) is 5.44. The monoisotopic (exact) mass is 284 g/mol. The van der Waals surface area contributed by atoms with Crippen LogP contribution in [0.4, 0.5) is 0 Å². The van der Waals surface area contributed by atoms with Gasteiger partial charge in [-0.15, -0.1) is 6.58 Å². The molecule has 114 valence electrons. The molecule has 1 heterocycles. The second-order valence-electron chi connectivity index (χ2n) is 7.02. The van der Waals surface area contributed by atoms with Crippen LogP contribution in [0.25, 0.3) is 0 Å². The lowest BCUT2D eigenvalue weighted by Crippen LogP contribution is -2.19. The van der Waals surface area contributed by atoms with Crippen LogP contribution in [0.2, 0.25) is 0 Å². The molecule has 1 aromatic carbocycles. The Balaban J connectivity index is 1.60. The average molecular weight is 284 g/mol. The molecule has 1 saturated heterocycles. The van der Waals surface area contributed by atoms with Gasteiger partial charge in [-0.2, -0.15) is 0 Å². The van der Waals surface area contributed by atoms with Gasteiger partial charge in [0, 0.05) is 5.92 Å². The van der Waals surface area contributed by atoms with E-state index in [0.717, 1.165) is 24.9 Å². The SMILES string of the molecule is C=CC1CCC(c2ccc(C3CCC(C)CC3)cc2)OC1. The zero-order chi connectivity index (χ0) is 14.7. The lowest BCUT2D eigenvalue weighted by Gasteiger charge is -2.29. The highest BCUT2D eigenvalue weighted by Crippen LogP contribution is 2.37. The highest BCUT2D eigenvalue weighted by Gasteiger charge is 2.22. The fraction of sp³-hybridized carbons (Fsp3) is 0.600. The molecule has 1 aliphatic carbocycles. The molecule has 1 saturated carbocycles. The summed E-state index contributed by atoms with van der Waals surface area (Å²) >= 11 is 0. The normalized spacial score (nSPS) is 33.6. The lowest BCUT2D eigenvalue weighted by molar-refractivity contribution is -0.00515. The Labute approximate surface area is 129 Å². The zero-order valence-electron chi connectivity index (χ0n) is 13.3. The first kappa shape index (κ1) is 14.8. The quantitative estimate of drug-likeness (QED) is 0.653. The smallest absolute Gasteiger partial charge is 0.0825 e. The molecular formula is C20H28O. The summed E-state index contributed by atoms with van der Waals surface area (Å²) in [5, 5.41) is 0. The van der Waals surface area contributed by atoms with E-state index in [1.165, 1.54) is 43.2 Å². The van der Waals surface area contributed by atoms with E-state index in [4.69, 9.17) is 4.74 Å². The van der Waals surface area contributed by atoms with Crippen LogP contribution >= 0.6 is 0 Å². The van der Waals surface area contributed by atoms with Gasteiger partial charge >= 0.3 is 0 Å².